The van der Waals surface area contributed by atoms with Crippen molar-refractivity contribution in [3.05, 3.63) is 59.2 Å². The zero-order chi connectivity index (χ0) is 24.0. The molecule has 3 rings (SSSR count). The molecule has 3 N–H and O–H groups in total. The SMILES string of the molecule is COC(=O)Cc1ccc(CC(=O)OC)c(SCC2CN(c3ccc(C(=N)N)cc3)C(=O)O2)c1. The number of nitrogens with zero attached hydrogens (tertiary/aromatic N) is 1. The summed E-state index contributed by atoms with van der Waals surface area (Å²) in [5, 5.41) is 7.47. The lowest BCUT2D eigenvalue weighted by molar-refractivity contribution is -0.140. The number of cyclic esters (lactones) is 1. The van der Waals surface area contributed by atoms with Crippen LogP contribution in [0.3, 0.4) is 0 Å². The number of thioether (sulfide) groups is 1. The summed E-state index contributed by atoms with van der Waals surface area (Å²) in [5.41, 5.74) is 8.23. The third kappa shape index (κ3) is 6.26. The van der Waals surface area contributed by atoms with E-state index in [9.17, 15) is 14.4 Å². The van der Waals surface area contributed by atoms with E-state index in [0.29, 0.717) is 23.5 Å². The Bertz CT molecular complexity index is 1060. The van der Waals surface area contributed by atoms with Gasteiger partial charge < -0.3 is 19.9 Å². The molecule has 1 unspecified atom stereocenters. The normalized spacial score (nSPS) is 15.2. The van der Waals surface area contributed by atoms with Gasteiger partial charge in [-0.2, -0.15) is 0 Å². The minimum atomic E-state index is -0.453. The molecule has 174 valence electrons. The van der Waals surface area contributed by atoms with Gasteiger partial charge in [-0.15, -0.1) is 11.8 Å². The Labute approximate surface area is 195 Å². The van der Waals surface area contributed by atoms with Gasteiger partial charge in [0.25, 0.3) is 0 Å². The van der Waals surface area contributed by atoms with E-state index in [-0.39, 0.29) is 36.7 Å². The van der Waals surface area contributed by atoms with Crippen molar-refractivity contribution in [1.29, 1.82) is 5.41 Å². The lowest BCUT2D eigenvalue weighted by Crippen LogP contribution is -2.25. The van der Waals surface area contributed by atoms with E-state index in [1.54, 1.807) is 36.4 Å². The first kappa shape index (κ1) is 24.1. The fourth-order valence-electron chi connectivity index (χ4n) is 3.28. The number of amidine groups is 1. The first-order valence-electron chi connectivity index (χ1n) is 10.1. The first-order chi connectivity index (χ1) is 15.8. The molecule has 1 aliphatic rings. The van der Waals surface area contributed by atoms with Crippen molar-refractivity contribution in [2.75, 3.05) is 31.4 Å². The summed E-state index contributed by atoms with van der Waals surface area (Å²) in [4.78, 5) is 38.2. The molecule has 1 heterocycles. The second kappa shape index (κ2) is 10.9. The van der Waals surface area contributed by atoms with Crippen molar-refractivity contribution in [3.63, 3.8) is 0 Å². The zero-order valence-corrected chi connectivity index (χ0v) is 19.1. The monoisotopic (exact) mass is 471 g/mol. The van der Waals surface area contributed by atoms with Gasteiger partial charge in [-0.1, -0.05) is 12.1 Å². The van der Waals surface area contributed by atoms with Gasteiger partial charge in [-0.3, -0.25) is 19.9 Å². The van der Waals surface area contributed by atoms with Gasteiger partial charge in [-0.05, 0) is 41.5 Å². The third-order valence-corrected chi connectivity index (χ3v) is 6.29. The standard InChI is InChI=1S/C23H25N3O6S/c1-30-20(27)10-14-3-4-16(11-21(28)31-2)19(9-14)33-13-18-12-26(23(29)32-18)17-7-5-15(6-8-17)22(24)25/h3-9,18H,10-13H2,1-2H3,(H3,24,25). The molecule has 33 heavy (non-hydrogen) atoms. The Morgan fingerprint density at radius 3 is 2.42 bits per heavy atom. The van der Waals surface area contributed by atoms with Gasteiger partial charge in [-0.25, -0.2) is 4.79 Å². The molecule has 0 aromatic heterocycles. The van der Waals surface area contributed by atoms with E-state index in [0.717, 1.165) is 16.0 Å². The van der Waals surface area contributed by atoms with E-state index in [4.69, 9.17) is 25.4 Å². The molecule has 0 spiro atoms. The molecular weight excluding hydrogens is 446 g/mol. The number of nitrogens with one attached hydrogen (secondary N) is 1. The topological polar surface area (TPSA) is 132 Å². The van der Waals surface area contributed by atoms with Crippen LogP contribution >= 0.6 is 11.8 Å². The molecule has 0 aliphatic carbocycles. The number of benzene rings is 2. The molecule has 1 fully saturated rings. The highest BCUT2D eigenvalue weighted by molar-refractivity contribution is 7.99. The summed E-state index contributed by atoms with van der Waals surface area (Å²) in [6, 6.07) is 12.2. The van der Waals surface area contributed by atoms with Crippen molar-refractivity contribution >= 4 is 41.3 Å². The lowest BCUT2D eigenvalue weighted by atomic mass is 10.1. The van der Waals surface area contributed by atoms with Gasteiger partial charge in [0, 0.05) is 21.9 Å². The number of nitrogens with two attached hydrogens (primary N) is 1. The summed E-state index contributed by atoms with van der Waals surface area (Å²) in [6.07, 6.45) is -0.614. The van der Waals surface area contributed by atoms with Gasteiger partial charge in [0.15, 0.2) is 0 Å². The summed E-state index contributed by atoms with van der Waals surface area (Å²) in [7, 11) is 2.66. The smallest absolute Gasteiger partial charge is 0.414 e. The van der Waals surface area contributed by atoms with Crippen molar-refractivity contribution in [2.45, 2.75) is 23.8 Å². The quantitative estimate of drug-likeness (QED) is 0.187. The number of anilines is 1. The van der Waals surface area contributed by atoms with Crippen LogP contribution in [0, 0.1) is 5.41 Å². The minimum Gasteiger partial charge on any atom is -0.469 e. The first-order valence-corrected chi connectivity index (χ1v) is 11.1. The van der Waals surface area contributed by atoms with Crippen molar-refractivity contribution < 1.29 is 28.6 Å². The largest absolute Gasteiger partial charge is 0.469 e. The maximum absolute atomic E-state index is 12.4. The van der Waals surface area contributed by atoms with Crippen molar-refractivity contribution in [3.8, 4) is 0 Å². The molecular formula is C23H25N3O6S. The molecule has 0 radical (unpaired) electrons. The van der Waals surface area contributed by atoms with Gasteiger partial charge in [0.1, 0.15) is 11.9 Å². The summed E-state index contributed by atoms with van der Waals surface area (Å²) in [5.74, 6) is -0.311. The maximum Gasteiger partial charge on any atom is 0.414 e. The fourth-order valence-corrected chi connectivity index (χ4v) is 4.38. The summed E-state index contributed by atoms with van der Waals surface area (Å²) >= 11 is 1.44. The highest BCUT2D eigenvalue weighted by Gasteiger charge is 2.32. The predicted molar refractivity (Wildman–Crippen MR) is 124 cm³/mol. The second-order valence-electron chi connectivity index (χ2n) is 7.34. The highest BCUT2D eigenvalue weighted by Crippen LogP contribution is 2.30. The average Bonchev–Trinajstić information content (AvgIpc) is 3.19. The van der Waals surface area contributed by atoms with Gasteiger partial charge in [0.05, 0.1) is 33.6 Å². The lowest BCUT2D eigenvalue weighted by Gasteiger charge is -2.14. The van der Waals surface area contributed by atoms with Crippen LogP contribution in [0.25, 0.3) is 0 Å². The molecule has 1 atom stereocenters. The maximum atomic E-state index is 12.4. The van der Waals surface area contributed by atoms with Crippen LogP contribution in [0.1, 0.15) is 16.7 Å². The fraction of sp³-hybridized carbons (Fsp3) is 0.304. The number of carbonyl (C=O) groups is 3. The van der Waals surface area contributed by atoms with Crippen molar-refractivity contribution in [2.24, 2.45) is 5.73 Å². The van der Waals surface area contributed by atoms with E-state index in [1.165, 1.54) is 30.9 Å². The molecule has 1 saturated heterocycles. The third-order valence-electron chi connectivity index (χ3n) is 5.06. The highest BCUT2D eigenvalue weighted by atomic mass is 32.2. The molecule has 1 amide bonds. The Balaban J connectivity index is 1.70. The van der Waals surface area contributed by atoms with Gasteiger partial charge in [0.2, 0.25) is 0 Å². The number of hydrogen-bond acceptors (Lipinski definition) is 8. The van der Waals surface area contributed by atoms with Gasteiger partial charge >= 0.3 is 18.0 Å². The van der Waals surface area contributed by atoms with E-state index in [2.05, 4.69) is 0 Å². The van der Waals surface area contributed by atoms with E-state index >= 15 is 0 Å². The molecule has 10 heteroatoms. The Hall–Kier alpha value is -3.53. The Morgan fingerprint density at radius 2 is 1.79 bits per heavy atom. The average molecular weight is 472 g/mol. The van der Waals surface area contributed by atoms with Crippen LogP contribution in [-0.2, 0) is 36.6 Å². The van der Waals surface area contributed by atoms with Crippen LogP contribution in [0.4, 0.5) is 10.5 Å². The number of ether oxygens (including phenoxy) is 3. The zero-order valence-electron chi connectivity index (χ0n) is 18.3. The minimum absolute atomic E-state index is 0.0444. The van der Waals surface area contributed by atoms with E-state index < -0.39 is 6.09 Å². The van der Waals surface area contributed by atoms with Crippen LogP contribution in [0.5, 0.6) is 0 Å². The van der Waals surface area contributed by atoms with Crippen molar-refractivity contribution in [1.82, 2.24) is 0 Å². The number of carbonyl (C=O) groups excluding carboxylic acids is 3. The van der Waals surface area contributed by atoms with Crippen LogP contribution in [-0.4, -0.2) is 56.5 Å². The second-order valence-corrected chi connectivity index (χ2v) is 8.40. The van der Waals surface area contributed by atoms with Crippen LogP contribution in [0.2, 0.25) is 0 Å². The Kier molecular flexibility index (Phi) is 7.94. The summed E-state index contributed by atoms with van der Waals surface area (Å²) in [6.45, 7) is 0.361. The van der Waals surface area contributed by atoms with E-state index in [1.807, 2.05) is 6.07 Å². The van der Waals surface area contributed by atoms with Crippen LogP contribution < -0.4 is 10.6 Å². The molecule has 0 saturated carbocycles. The number of nitrogen functional groups attached to an aromatic ring is 1. The predicted octanol–water partition coefficient (Wildman–Crippen LogP) is 2.52. The number of rotatable bonds is 9. The number of hydrogen-bond donors (Lipinski definition) is 2. The molecule has 2 aromatic carbocycles. The number of amides is 1. The van der Waals surface area contributed by atoms with Crippen LogP contribution in [0.15, 0.2) is 47.4 Å². The Morgan fingerprint density at radius 1 is 1.12 bits per heavy atom. The molecule has 0 bridgehead atoms. The number of methoxy groups -OCH3 is 2. The molecule has 1 aliphatic heterocycles. The number of esters is 2. The molecule has 9 nitrogen and oxygen atoms in total. The molecule has 2 aromatic rings. The summed E-state index contributed by atoms with van der Waals surface area (Å²) < 4.78 is 15.0.